The van der Waals surface area contributed by atoms with Crippen LogP contribution in [0.5, 0.6) is 0 Å². The molecule has 4 unspecified atom stereocenters. The van der Waals surface area contributed by atoms with Crippen molar-refractivity contribution in [3.05, 3.63) is 0 Å². The van der Waals surface area contributed by atoms with Gasteiger partial charge in [0.2, 0.25) is 0 Å². The van der Waals surface area contributed by atoms with E-state index < -0.39 is 0 Å². The lowest BCUT2D eigenvalue weighted by Crippen LogP contribution is -2.46. The van der Waals surface area contributed by atoms with Gasteiger partial charge in [-0.3, -0.25) is 9.89 Å². The van der Waals surface area contributed by atoms with Gasteiger partial charge in [-0.15, -0.1) is 0 Å². The molecule has 0 radical (unpaired) electrons. The summed E-state index contributed by atoms with van der Waals surface area (Å²) in [6.45, 7) is 2.26. The van der Waals surface area contributed by atoms with Gasteiger partial charge in [0.05, 0.1) is 6.04 Å². The van der Waals surface area contributed by atoms with Gasteiger partial charge in [0.15, 0.2) is 0 Å². The first-order valence-corrected chi connectivity index (χ1v) is 9.21. The van der Waals surface area contributed by atoms with Crippen LogP contribution in [0.4, 0.5) is 0 Å². The number of rotatable bonds is 2. The topological polar surface area (TPSA) is 54.0 Å². The summed E-state index contributed by atoms with van der Waals surface area (Å²) in [4.78, 5) is 12.2. The van der Waals surface area contributed by atoms with Crippen LogP contribution in [-0.2, 0) is 0 Å². The normalized spacial score (nSPS) is 45.3. The zero-order valence-electron chi connectivity index (χ0n) is 11.8. The van der Waals surface area contributed by atoms with E-state index in [2.05, 4.69) is 38.7 Å². The van der Waals surface area contributed by atoms with Gasteiger partial charge in [0, 0.05) is 47.1 Å². The number of hydrogen-bond donors (Lipinski definition) is 1. The number of amidine groups is 1. The molecule has 5 atom stereocenters. The van der Waals surface area contributed by atoms with Gasteiger partial charge in [-0.1, -0.05) is 22.6 Å². The molecule has 110 valence electrons. The predicted molar refractivity (Wildman–Crippen MR) is 90.9 cm³/mol. The van der Waals surface area contributed by atoms with Gasteiger partial charge in [-0.25, -0.2) is 4.99 Å². The molecule has 2 aliphatic carbocycles. The standard InChI is InChI=1S/C15H23IN4/c16-12-4-3-11(5-13(12)17)20-7-10-6-18-15(9-1-2-9)19-14(10)8-20/h6,9-14H,1-5,7-8,17H2/t10?,11?,12-,13?,14?/m0/s1. The lowest BCUT2D eigenvalue weighted by molar-refractivity contribution is 0.181. The number of nitrogens with two attached hydrogens (primary N) is 1. The Hall–Kier alpha value is -0.0100. The minimum Gasteiger partial charge on any atom is -0.327 e. The highest BCUT2D eigenvalue weighted by Gasteiger charge is 2.40. The Balaban J connectivity index is 1.42. The Bertz CT molecular complexity index is 445. The Morgan fingerprint density at radius 3 is 2.80 bits per heavy atom. The van der Waals surface area contributed by atoms with E-state index in [9.17, 15) is 0 Å². The van der Waals surface area contributed by atoms with Crippen LogP contribution in [0.25, 0.3) is 0 Å². The third-order valence-electron chi connectivity index (χ3n) is 5.30. The summed E-state index contributed by atoms with van der Waals surface area (Å²) < 4.78 is 0.662. The van der Waals surface area contributed by atoms with Crippen molar-refractivity contribution in [2.24, 2.45) is 27.6 Å². The highest BCUT2D eigenvalue weighted by atomic mass is 127. The molecular formula is C15H23IN4. The first-order valence-electron chi connectivity index (χ1n) is 7.96. The van der Waals surface area contributed by atoms with Crippen LogP contribution in [0.15, 0.2) is 9.98 Å². The second-order valence-corrected chi connectivity index (χ2v) is 8.47. The molecule has 2 aliphatic heterocycles. The van der Waals surface area contributed by atoms with E-state index in [0.717, 1.165) is 25.3 Å². The van der Waals surface area contributed by atoms with Crippen LogP contribution < -0.4 is 5.73 Å². The van der Waals surface area contributed by atoms with Gasteiger partial charge in [0.25, 0.3) is 0 Å². The van der Waals surface area contributed by atoms with E-state index in [1.165, 1.54) is 25.7 Å². The number of hydrogen-bond acceptors (Lipinski definition) is 4. The van der Waals surface area contributed by atoms with E-state index in [1.807, 2.05) is 0 Å². The molecule has 0 aromatic heterocycles. The molecule has 0 amide bonds. The maximum atomic E-state index is 6.26. The molecule has 2 heterocycles. The van der Waals surface area contributed by atoms with Gasteiger partial charge in [-0.2, -0.15) is 0 Å². The van der Waals surface area contributed by atoms with Crippen molar-refractivity contribution in [2.75, 3.05) is 13.1 Å². The smallest absolute Gasteiger partial charge is 0.126 e. The first-order chi connectivity index (χ1) is 9.70. The number of nitrogens with zero attached hydrogens (tertiary/aromatic N) is 3. The molecule has 1 saturated heterocycles. The lowest BCUT2D eigenvalue weighted by Gasteiger charge is -2.36. The number of aliphatic imine (C=N–C) groups is 2. The molecule has 0 aromatic rings. The highest BCUT2D eigenvalue weighted by Crippen LogP contribution is 2.36. The van der Waals surface area contributed by atoms with Crippen molar-refractivity contribution in [1.82, 2.24) is 4.90 Å². The lowest BCUT2D eigenvalue weighted by atomic mass is 9.90. The van der Waals surface area contributed by atoms with Gasteiger partial charge >= 0.3 is 0 Å². The first kappa shape index (κ1) is 13.6. The molecule has 2 saturated carbocycles. The largest absolute Gasteiger partial charge is 0.327 e. The summed E-state index contributed by atoms with van der Waals surface area (Å²) in [7, 11) is 0. The van der Waals surface area contributed by atoms with E-state index in [0.29, 0.717) is 33.9 Å². The second-order valence-electron chi connectivity index (χ2n) is 6.87. The summed E-state index contributed by atoms with van der Waals surface area (Å²) in [5.41, 5.74) is 6.26. The average Bonchev–Trinajstić information content (AvgIpc) is 3.20. The number of likely N-dealkylation sites (tertiary alicyclic amines) is 1. The average molecular weight is 386 g/mol. The fraction of sp³-hybridized carbons (Fsp3) is 0.867. The molecule has 0 bridgehead atoms. The fourth-order valence-corrected chi connectivity index (χ4v) is 4.48. The number of fused-ring (bicyclic) bond motifs is 1. The minimum atomic E-state index is 0.371. The number of alkyl halides is 1. The van der Waals surface area contributed by atoms with Crippen LogP contribution in [0.1, 0.15) is 32.1 Å². The van der Waals surface area contributed by atoms with Gasteiger partial charge in [-0.05, 0) is 32.1 Å². The zero-order valence-corrected chi connectivity index (χ0v) is 13.9. The van der Waals surface area contributed by atoms with Crippen LogP contribution in [-0.4, -0.2) is 52.1 Å². The monoisotopic (exact) mass is 386 g/mol. The third kappa shape index (κ3) is 2.57. The molecule has 4 aliphatic rings. The van der Waals surface area contributed by atoms with Crippen molar-refractivity contribution in [1.29, 1.82) is 0 Å². The summed E-state index contributed by atoms with van der Waals surface area (Å²) in [5.74, 6) is 2.37. The maximum Gasteiger partial charge on any atom is 0.126 e. The molecule has 4 rings (SSSR count). The quantitative estimate of drug-likeness (QED) is 0.582. The van der Waals surface area contributed by atoms with Crippen LogP contribution in [0.2, 0.25) is 0 Å². The summed E-state index contributed by atoms with van der Waals surface area (Å²) in [6, 6.07) is 1.52. The maximum absolute atomic E-state index is 6.26. The molecular weight excluding hydrogens is 363 g/mol. The molecule has 2 N–H and O–H groups in total. The SMILES string of the molecule is NC1CC(N2CC3C=NC(C4CC4)=NC3C2)CC[C@@H]1I. The molecule has 5 heteroatoms. The van der Waals surface area contributed by atoms with Crippen molar-refractivity contribution in [3.63, 3.8) is 0 Å². The molecule has 0 aromatic carbocycles. The van der Waals surface area contributed by atoms with Gasteiger partial charge in [0.1, 0.15) is 5.84 Å². The number of halogens is 1. The fourth-order valence-electron chi connectivity index (χ4n) is 3.83. The van der Waals surface area contributed by atoms with Crippen LogP contribution in [0.3, 0.4) is 0 Å². The molecule has 3 fully saturated rings. The van der Waals surface area contributed by atoms with Crippen molar-refractivity contribution in [3.8, 4) is 0 Å². The predicted octanol–water partition coefficient (Wildman–Crippen LogP) is 1.86. The molecule has 0 spiro atoms. The zero-order chi connectivity index (χ0) is 13.7. The second kappa shape index (κ2) is 5.32. The van der Waals surface area contributed by atoms with Crippen LogP contribution >= 0.6 is 22.6 Å². The highest BCUT2D eigenvalue weighted by molar-refractivity contribution is 14.1. The Labute approximate surface area is 134 Å². The molecule has 4 nitrogen and oxygen atoms in total. The van der Waals surface area contributed by atoms with E-state index >= 15 is 0 Å². The Morgan fingerprint density at radius 2 is 2.05 bits per heavy atom. The summed E-state index contributed by atoms with van der Waals surface area (Å²) in [5, 5.41) is 0. The summed E-state index contributed by atoms with van der Waals surface area (Å²) >= 11 is 2.52. The van der Waals surface area contributed by atoms with Crippen molar-refractivity contribution in [2.45, 2.75) is 54.2 Å². The Morgan fingerprint density at radius 1 is 1.20 bits per heavy atom. The van der Waals surface area contributed by atoms with E-state index in [-0.39, 0.29) is 0 Å². The van der Waals surface area contributed by atoms with Crippen molar-refractivity contribution < 1.29 is 0 Å². The third-order valence-corrected chi connectivity index (χ3v) is 6.85. The summed E-state index contributed by atoms with van der Waals surface area (Å²) in [6.07, 6.45) is 8.51. The molecule has 20 heavy (non-hydrogen) atoms. The van der Waals surface area contributed by atoms with Crippen molar-refractivity contribution >= 4 is 34.6 Å². The van der Waals surface area contributed by atoms with Gasteiger partial charge < -0.3 is 5.73 Å². The Kier molecular flexibility index (Phi) is 3.63. The minimum absolute atomic E-state index is 0.371. The van der Waals surface area contributed by atoms with E-state index in [4.69, 9.17) is 10.7 Å². The van der Waals surface area contributed by atoms with Crippen LogP contribution in [0, 0.1) is 11.8 Å². The van der Waals surface area contributed by atoms with E-state index in [1.54, 1.807) is 0 Å².